The van der Waals surface area contributed by atoms with Crippen molar-refractivity contribution >= 4 is 5.70 Å². The summed E-state index contributed by atoms with van der Waals surface area (Å²) in [5.74, 6) is 0. The van der Waals surface area contributed by atoms with Crippen molar-refractivity contribution in [2.75, 3.05) is 6.54 Å². The van der Waals surface area contributed by atoms with Gasteiger partial charge in [-0.2, -0.15) is 0 Å². The Kier molecular flexibility index (Phi) is 4.00. The van der Waals surface area contributed by atoms with Gasteiger partial charge in [-0.3, -0.25) is 4.98 Å². The summed E-state index contributed by atoms with van der Waals surface area (Å²) in [6.07, 6.45) is 1.84. The van der Waals surface area contributed by atoms with E-state index in [1.54, 1.807) is 0 Å². The molecule has 98 valence electrons. The number of aryl methyl sites for hydroxylation is 2. The van der Waals surface area contributed by atoms with Crippen LogP contribution in [-0.4, -0.2) is 11.5 Å². The number of pyridine rings is 1. The Morgan fingerprint density at radius 2 is 2.00 bits per heavy atom. The summed E-state index contributed by atoms with van der Waals surface area (Å²) in [5, 5.41) is 3.26. The molecule has 1 aromatic heterocycles. The molecule has 2 nitrogen and oxygen atoms in total. The highest BCUT2D eigenvalue weighted by atomic mass is 14.9. The minimum atomic E-state index is 0.888. The Morgan fingerprint density at radius 1 is 1.21 bits per heavy atom. The van der Waals surface area contributed by atoms with Crippen molar-refractivity contribution in [1.29, 1.82) is 0 Å². The second kappa shape index (κ2) is 5.70. The molecule has 19 heavy (non-hydrogen) atoms. The predicted molar refractivity (Wildman–Crippen MR) is 81.9 cm³/mol. The molecule has 0 bridgehead atoms. The maximum absolute atomic E-state index is 4.46. The largest absolute Gasteiger partial charge is 0.385 e. The highest BCUT2D eigenvalue weighted by molar-refractivity contribution is 5.71. The molecule has 0 unspecified atom stereocenters. The van der Waals surface area contributed by atoms with Crippen LogP contribution >= 0.6 is 0 Å². The molecule has 0 saturated carbocycles. The van der Waals surface area contributed by atoms with Gasteiger partial charge in [0.1, 0.15) is 0 Å². The Hall–Kier alpha value is -2.09. The van der Waals surface area contributed by atoms with Crippen molar-refractivity contribution < 1.29 is 0 Å². The lowest BCUT2D eigenvalue weighted by atomic mass is 9.99. The molecule has 1 heterocycles. The van der Waals surface area contributed by atoms with E-state index in [9.17, 15) is 0 Å². The molecule has 0 aliphatic carbocycles. The summed E-state index contributed by atoms with van der Waals surface area (Å²) in [6.45, 7) is 11.2. The minimum absolute atomic E-state index is 0.888. The Morgan fingerprint density at radius 3 is 2.63 bits per heavy atom. The molecule has 0 spiro atoms. The molecule has 0 amide bonds. The summed E-state index contributed by atoms with van der Waals surface area (Å²) in [7, 11) is 0. The summed E-state index contributed by atoms with van der Waals surface area (Å²) in [6, 6.07) is 10.5. The van der Waals surface area contributed by atoms with E-state index < -0.39 is 0 Å². The van der Waals surface area contributed by atoms with E-state index in [4.69, 9.17) is 0 Å². The van der Waals surface area contributed by atoms with E-state index in [-0.39, 0.29) is 0 Å². The smallest absolute Gasteiger partial charge is 0.0731 e. The first-order valence-corrected chi connectivity index (χ1v) is 6.59. The average molecular weight is 252 g/mol. The van der Waals surface area contributed by atoms with Crippen molar-refractivity contribution in [2.45, 2.75) is 20.8 Å². The number of aromatic nitrogens is 1. The van der Waals surface area contributed by atoms with E-state index in [0.717, 1.165) is 23.5 Å². The first-order valence-electron chi connectivity index (χ1n) is 6.59. The molecule has 0 saturated heterocycles. The molecule has 1 aromatic carbocycles. The number of hydrogen-bond acceptors (Lipinski definition) is 2. The Balaban J connectivity index is 2.39. The van der Waals surface area contributed by atoms with Gasteiger partial charge in [-0.05, 0) is 49.6 Å². The molecule has 2 heteroatoms. The fraction of sp³-hybridized carbons (Fsp3) is 0.235. The zero-order chi connectivity index (χ0) is 13.8. The van der Waals surface area contributed by atoms with Crippen molar-refractivity contribution in [2.24, 2.45) is 0 Å². The molecule has 1 N–H and O–H groups in total. The van der Waals surface area contributed by atoms with Crippen LogP contribution in [0.5, 0.6) is 0 Å². The lowest BCUT2D eigenvalue weighted by Crippen LogP contribution is -2.10. The van der Waals surface area contributed by atoms with Gasteiger partial charge in [-0.25, -0.2) is 0 Å². The fourth-order valence-electron chi connectivity index (χ4n) is 2.25. The van der Waals surface area contributed by atoms with Gasteiger partial charge in [0.25, 0.3) is 0 Å². The van der Waals surface area contributed by atoms with Crippen LogP contribution in [0.3, 0.4) is 0 Å². The molecule has 0 aliphatic rings. The highest BCUT2D eigenvalue weighted by Gasteiger charge is 2.07. The Bertz CT molecular complexity index is 600. The first-order chi connectivity index (χ1) is 9.13. The Labute approximate surface area is 115 Å². The van der Waals surface area contributed by atoms with Crippen LogP contribution in [0.2, 0.25) is 0 Å². The van der Waals surface area contributed by atoms with Crippen LogP contribution in [0, 0.1) is 13.8 Å². The van der Waals surface area contributed by atoms with E-state index >= 15 is 0 Å². The van der Waals surface area contributed by atoms with Crippen molar-refractivity contribution in [3.63, 3.8) is 0 Å². The number of nitrogens with zero attached hydrogens (tertiary/aromatic N) is 1. The molecule has 0 aliphatic heterocycles. The molecule has 0 fully saturated rings. The van der Waals surface area contributed by atoms with Crippen LogP contribution < -0.4 is 5.32 Å². The van der Waals surface area contributed by atoms with Crippen molar-refractivity contribution in [1.82, 2.24) is 10.3 Å². The monoisotopic (exact) mass is 252 g/mol. The van der Waals surface area contributed by atoms with E-state index in [1.807, 2.05) is 12.3 Å². The fourth-order valence-corrected chi connectivity index (χ4v) is 2.25. The lowest BCUT2D eigenvalue weighted by molar-refractivity contribution is 0.940. The number of hydrogen-bond donors (Lipinski definition) is 1. The molecule has 2 aromatic rings. The number of nitrogens with one attached hydrogen (secondary N) is 1. The standard InChI is InChI=1S/C17H20N2/c1-5-18-14(4)16-9-8-15(11-13(16)3)17-12(2)7-6-10-19-17/h6-11,18H,4-5H2,1-3H3. The SMILES string of the molecule is C=C(NCC)c1ccc(-c2ncccc2C)cc1C. The molecular weight excluding hydrogens is 232 g/mol. The maximum atomic E-state index is 4.46. The lowest BCUT2D eigenvalue weighted by Gasteiger charge is -2.12. The van der Waals surface area contributed by atoms with Gasteiger partial charge in [-0.15, -0.1) is 0 Å². The van der Waals surface area contributed by atoms with E-state index in [0.29, 0.717) is 0 Å². The van der Waals surface area contributed by atoms with Crippen LogP contribution in [0.25, 0.3) is 17.0 Å². The second-order valence-electron chi connectivity index (χ2n) is 4.71. The molecule has 0 radical (unpaired) electrons. The molecule has 0 atom stereocenters. The van der Waals surface area contributed by atoms with Gasteiger partial charge in [0.2, 0.25) is 0 Å². The summed E-state index contributed by atoms with van der Waals surface area (Å²) in [4.78, 5) is 4.46. The third kappa shape index (κ3) is 2.84. The summed E-state index contributed by atoms with van der Waals surface area (Å²) < 4.78 is 0. The molecular formula is C17H20N2. The quantitative estimate of drug-likeness (QED) is 0.891. The normalized spacial score (nSPS) is 10.3. The van der Waals surface area contributed by atoms with Gasteiger partial charge in [0.15, 0.2) is 0 Å². The third-order valence-electron chi connectivity index (χ3n) is 3.22. The van der Waals surface area contributed by atoms with Crippen molar-refractivity contribution in [3.05, 3.63) is 59.8 Å². The predicted octanol–water partition coefficient (Wildman–Crippen LogP) is 3.95. The first kappa shape index (κ1) is 13.3. The topological polar surface area (TPSA) is 24.9 Å². The van der Waals surface area contributed by atoms with Gasteiger partial charge >= 0.3 is 0 Å². The van der Waals surface area contributed by atoms with Crippen LogP contribution in [0.4, 0.5) is 0 Å². The van der Waals surface area contributed by atoms with Gasteiger partial charge < -0.3 is 5.32 Å². The highest BCUT2D eigenvalue weighted by Crippen LogP contribution is 2.25. The van der Waals surface area contributed by atoms with Crippen LogP contribution in [-0.2, 0) is 0 Å². The zero-order valence-electron chi connectivity index (χ0n) is 11.8. The minimum Gasteiger partial charge on any atom is -0.385 e. The van der Waals surface area contributed by atoms with Gasteiger partial charge in [0, 0.05) is 24.0 Å². The summed E-state index contributed by atoms with van der Waals surface area (Å²) in [5.41, 5.74) is 6.76. The maximum Gasteiger partial charge on any atom is 0.0731 e. The van der Waals surface area contributed by atoms with Gasteiger partial charge in [0.05, 0.1) is 5.69 Å². The second-order valence-corrected chi connectivity index (χ2v) is 4.71. The molecule has 2 rings (SSSR count). The van der Waals surface area contributed by atoms with E-state index in [1.165, 1.54) is 16.7 Å². The van der Waals surface area contributed by atoms with Gasteiger partial charge in [-0.1, -0.05) is 24.8 Å². The van der Waals surface area contributed by atoms with Crippen LogP contribution in [0.15, 0.2) is 43.1 Å². The summed E-state index contributed by atoms with van der Waals surface area (Å²) >= 11 is 0. The average Bonchev–Trinajstić information content (AvgIpc) is 2.39. The number of rotatable bonds is 4. The number of benzene rings is 1. The van der Waals surface area contributed by atoms with Crippen molar-refractivity contribution in [3.8, 4) is 11.3 Å². The van der Waals surface area contributed by atoms with E-state index in [2.05, 4.69) is 61.9 Å². The third-order valence-corrected chi connectivity index (χ3v) is 3.22. The van der Waals surface area contributed by atoms with Crippen LogP contribution in [0.1, 0.15) is 23.6 Å². The zero-order valence-corrected chi connectivity index (χ0v) is 11.8.